The Labute approximate surface area is 229 Å². The monoisotopic (exact) mass is 538 g/mol. The summed E-state index contributed by atoms with van der Waals surface area (Å²) in [6, 6.07) is 15.4. The Morgan fingerprint density at radius 3 is 1.93 bits per heavy atom. The highest BCUT2D eigenvalue weighted by Gasteiger charge is 2.43. The van der Waals surface area contributed by atoms with Crippen LogP contribution in [0.5, 0.6) is 0 Å². The first kappa shape index (κ1) is 25.3. The molecular weight excluding hydrogens is 512 g/mol. The molecule has 6 rings (SSSR count). The quantitative estimate of drug-likeness (QED) is 0.268. The van der Waals surface area contributed by atoms with E-state index in [9.17, 15) is 19.7 Å². The fourth-order valence-corrected chi connectivity index (χ4v) is 5.61. The van der Waals surface area contributed by atoms with Crippen molar-refractivity contribution in [1.82, 2.24) is 14.2 Å². The van der Waals surface area contributed by atoms with Crippen molar-refractivity contribution in [3.05, 3.63) is 92.6 Å². The lowest BCUT2D eigenvalue weighted by Gasteiger charge is -2.38. The second kappa shape index (κ2) is 9.35. The van der Waals surface area contributed by atoms with Gasteiger partial charge in [-0.25, -0.2) is 0 Å². The minimum Gasteiger partial charge on any atom is -0.754 e. The maximum absolute atomic E-state index is 14.2. The molecule has 0 aliphatic carbocycles. The Hall–Kier alpha value is -4.96. The van der Waals surface area contributed by atoms with Gasteiger partial charge in [-0.3, -0.25) is 9.59 Å². The van der Waals surface area contributed by atoms with E-state index in [0.29, 0.717) is 21.2 Å². The molecule has 0 saturated heterocycles. The highest BCUT2D eigenvalue weighted by atomic mass is 16.5. The van der Waals surface area contributed by atoms with E-state index in [4.69, 9.17) is 9.47 Å². The van der Waals surface area contributed by atoms with Gasteiger partial charge in [0.1, 0.15) is 18.0 Å². The summed E-state index contributed by atoms with van der Waals surface area (Å²) < 4.78 is 14.9. The van der Waals surface area contributed by atoms with Gasteiger partial charge in [-0.15, -0.1) is 0 Å². The van der Waals surface area contributed by atoms with Crippen molar-refractivity contribution in [2.45, 2.75) is 13.8 Å². The van der Waals surface area contributed by atoms with Crippen LogP contribution in [0, 0.1) is 10.1 Å². The molecule has 10 nitrogen and oxygen atoms in total. The van der Waals surface area contributed by atoms with Crippen molar-refractivity contribution in [3.8, 4) is 0 Å². The molecule has 0 atom stereocenters. The molecule has 0 saturated carbocycles. The van der Waals surface area contributed by atoms with Crippen LogP contribution in [-0.4, -0.2) is 44.1 Å². The first-order valence-corrected chi connectivity index (χ1v) is 12.7. The van der Waals surface area contributed by atoms with E-state index in [1.54, 1.807) is 12.2 Å². The van der Waals surface area contributed by atoms with Gasteiger partial charge in [-0.05, 0) is 18.2 Å². The summed E-state index contributed by atoms with van der Waals surface area (Å²) in [6.07, 6.45) is 3.40. The van der Waals surface area contributed by atoms with Crippen molar-refractivity contribution in [1.29, 1.82) is 0 Å². The van der Waals surface area contributed by atoms with Gasteiger partial charge in [-0.1, -0.05) is 36.4 Å². The number of carbonyl (C=O) groups excluding carboxylic acids is 2. The van der Waals surface area contributed by atoms with Gasteiger partial charge >= 0.3 is 17.6 Å². The van der Waals surface area contributed by atoms with E-state index in [1.165, 1.54) is 13.8 Å². The molecule has 2 aromatic heterocycles. The maximum Gasteiger partial charge on any atom is 0.312 e. The van der Waals surface area contributed by atoms with Gasteiger partial charge in [0.25, 0.3) is 5.70 Å². The molecule has 0 spiro atoms. The Morgan fingerprint density at radius 1 is 0.800 bits per heavy atom. The number of carbonyl (C=O) groups is 2. The summed E-state index contributed by atoms with van der Waals surface area (Å²) in [5.41, 5.74) is 4.85. The van der Waals surface area contributed by atoms with Crippen LogP contribution in [0.1, 0.15) is 36.4 Å². The van der Waals surface area contributed by atoms with E-state index >= 15 is 0 Å². The molecule has 10 heteroatoms. The van der Waals surface area contributed by atoms with Gasteiger partial charge in [0, 0.05) is 77.6 Å². The Bertz CT molecular complexity index is 1870. The molecule has 0 fully saturated rings. The first-order valence-electron chi connectivity index (χ1n) is 12.7. The van der Waals surface area contributed by atoms with Gasteiger partial charge in [0.05, 0.1) is 10.5 Å². The maximum atomic E-state index is 14.2. The number of hydroxylamine groups is 2. The summed E-state index contributed by atoms with van der Waals surface area (Å²) >= 11 is 0. The van der Waals surface area contributed by atoms with Crippen molar-refractivity contribution < 1.29 is 23.8 Å². The number of hydrogen-bond acceptors (Lipinski definition) is 7. The van der Waals surface area contributed by atoms with Crippen LogP contribution in [0.3, 0.4) is 0 Å². The Morgan fingerprint density at radius 2 is 1.32 bits per heavy atom. The zero-order chi connectivity index (χ0) is 28.3. The molecule has 0 N–H and O–H groups in total. The van der Waals surface area contributed by atoms with Gasteiger partial charge < -0.3 is 28.9 Å². The predicted octanol–water partition coefficient (Wildman–Crippen LogP) is 4.91. The van der Waals surface area contributed by atoms with Crippen LogP contribution >= 0.6 is 0 Å². The summed E-state index contributed by atoms with van der Waals surface area (Å²) in [6.45, 7) is 2.01. The number of hydrogen-bond donors (Lipinski definition) is 0. The lowest BCUT2D eigenvalue weighted by Crippen LogP contribution is -2.28. The minimum absolute atomic E-state index is 0.105. The molecular formula is C30H26N4O6. The molecule has 2 aromatic carbocycles. The minimum atomic E-state index is -0.530. The molecule has 4 heterocycles. The number of benzene rings is 2. The Balaban J connectivity index is 1.72. The highest BCUT2D eigenvalue weighted by Crippen LogP contribution is 2.46. The SMILES string of the molecule is CC(=O)OCC1=Cc2c(n(C)c3ccccc23)C(=C2c3c(c4ccccc4n3C)C=C(COC(C)=O)[N+]2=O)N1[O-]. The van der Waals surface area contributed by atoms with E-state index in [-0.39, 0.29) is 36.0 Å². The summed E-state index contributed by atoms with van der Waals surface area (Å²) in [7, 11) is 3.69. The second-order valence-corrected chi connectivity index (χ2v) is 9.79. The van der Waals surface area contributed by atoms with Crippen LogP contribution in [0.4, 0.5) is 0 Å². The third kappa shape index (κ3) is 3.76. The van der Waals surface area contributed by atoms with Crippen molar-refractivity contribution >= 4 is 57.3 Å². The average Bonchev–Trinajstić information content (AvgIpc) is 3.38. The third-order valence-corrected chi connectivity index (χ3v) is 7.36. The lowest BCUT2D eigenvalue weighted by molar-refractivity contribution is -0.403. The first-order chi connectivity index (χ1) is 19.2. The Kier molecular flexibility index (Phi) is 5.92. The number of nitrogens with zero attached hydrogens (tertiary/aromatic N) is 4. The predicted molar refractivity (Wildman–Crippen MR) is 151 cm³/mol. The molecule has 0 unspecified atom stereocenters. The zero-order valence-corrected chi connectivity index (χ0v) is 22.4. The fourth-order valence-electron chi connectivity index (χ4n) is 5.61. The molecule has 0 amide bonds. The molecule has 0 radical (unpaired) electrons. The van der Waals surface area contributed by atoms with Crippen molar-refractivity contribution in [2.24, 2.45) is 14.1 Å². The van der Waals surface area contributed by atoms with Gasteiger partial charge in [0.15, 0.2) is 6.61 Å². The molecule has 0 bridgehead atoms. The van der Waals surface area contributed by atoms with Crippen molar-refractivity contribution in [3.63, 3.8) is 0 Å². The highest BCUT2D eigenvalue weighted by molar-refractivity contribution is 6.05. The van der Waals surface area contributed by atoms with Crippen LogP contribution in [-0.2, 0) is 33.2 Å². The van der Waals surface area contributed by atoms with Crippen LogP contribution in [0.25, 0.3) is 45.4 Å². The molecule has 40 heavy (non-hydrogen) atoms. The van der Waals surface area contributed by atoms with Gasteiger partial charge in [0.2, 0.25) is 0 Å². The van der Waals surface area contributed by atoms with E-state index < -0.39 is 11.9 Å². The summed E-state index contributed by atoms with van der Waals surface area (Å²) in [5.74, 6) is -1.06. The van der Waals surface area contributed by atoms with Crippen LogP contribution < -0.4 is 0 Å². The lowest BCUT2D eigenvalue weighted by atomic mass is 9.97. The number of esters is 2. The summed E-state index contributed by atoms with van der Waals surface area (Å²) in [4.78, 5) is 37.5. The summed E-state index contributed by atoms with van der Waals surface area (Å²) in [5, 5.41) is 16.6. The van der Waals surface area contributed by atoms with E-state index in [1.807, 2.05) is 71.8 Å². The van der Waals surface area contributed by atoms with Crippen molar-refractivity contribution in [2.75, 3.05) is 13.2 Å². The van der Waals surface area contributed by atoms with Gasteiger partial charge in [-0.2, -0.15) is 0 Å². The number of fused-ring (bicyclic) bond motifs is 6. The number of nitroso groups, excluding NO2 is 1. The molecule has 2 aliphatic heterocycles. The third-order valence-electron chi connectivity index (χ3n) is 7.36. The second-order valence-electron chi connectivity index (χ2n) is 9.79. The topological polar surface area (TPSA) is 109 Å². The van der Waals surface area contributed by atoms with Crippen LogP contribution in [0.2, 0.25) is 0 Å². The number of aryl methyl sites for hydroxylation is 2. The smallest absolute Gasteiger partial charge is 0.312 e. The van der Waals surface area contributed by atoms with E-state index in [2.05, 4.69) is 0 Å². The molecule has 202 valence electrons. The normalized spacial score (nSPS) is 16.5. The number of aromatic nitrogens is 2. The number of para-hydroxylation sites is 2. The molecule has 2 aliphatic rings. The number of ether oxygens (including phenoxy) is 2. The average molecular weight is 539 g/mol. The number of rotatable bonds is 4. The standard InChI is InChI=1S/C30H26N4O6/c1-17(35)39-15-19-13-23-21-9-5-7-11-25(21)31(3)27(23)29(33(19)37)30-28-24(14-20(34(30)38)16-40-18(2)36)22-10-6-8-12-26(22)32(28)4/h5-14H,15-16H2,1-4H3. The zero-order valence-electron chi connectivity index (χ0n) is 22.4. The van der Waals surface area contributed by atoms with Crippen LogP contribution in [0.15, 0.2) is 59.9 Å². The molecule has 4 aromatic rings. The fraction of sp³-hybridized carbons (Fsp3) is 0.200. The van der Waals surface area contributed by atoms with E-state index in [0.717, 1.165) is 32.9 Å². The largest absolute Gasteiger partial charge is 0.754 e.